The highest BCUT2D eigenvalue weighted by atomic mass is 19.1. The summed E-state index contributed by atoms with van der Waals surface area (Å²) in [5, 5.41) is 4.59. The van der Waals surface area contributed by atoms with E-state index in [1.165, 1.54) is 11.6 Å². The van der Waals surface area contributed by atoms with Crippen molar-refractivity contribution >= 4 is 23.5 Å². The van der Waals surface area contributed by atoms with Crippen molar-refractivity contribution in [3.8, 4) is 17.0 Å². The van der Waals surface area contributed by atoms with Gasteiger partial charge in [0, 0.05) is 17.7 Å². The van der Waals surface area contributed by atoms with Crippen LogP contribution in [0.3, 0.4) is 0 Å². The van der Waals surface area contributed by atoms with Gasteiger partial charge in [0.1, 0.15) is 12.3 Å². The van der Waals surface area contributed by atoms with Crippen LogP contribution >= 0.6 is 0 Å². The Kier molecular flexibility index (Phi) is 5.71. The summed E-state index contributed by atoms with van der Waals surface area (Å²) in [5.74, 6) is -1.29. The van der Waals surface area contributed by atoms with Crippen LogP contribution in [0.15, 0.2) is 54.2 Å². The van der Waals surface area contributed by atoms with Crippen molar-refractivity contribution in [1.29, 1.82) is 0 Å². The zero-order chi connectivity index (χ0) is 26.6. The number of aromatic nitrogens is 3. The second kappa shape index (κ2) is 9.09. The second-order valence-electron chi connectivity index (χ2n) is 9.59. The number of hydrogen-bond donors (Lipinski definition) is 1. The van der Waals surface area contributed by atoms with Gasteiger partial charge in [-0.05, 0) is 54.7 Å². The van der Waals surface area contributed by atoms with E-state index >= 15 is 4.39 Å². The van der Waals surface area contributed by atoms with E-state index in [2.05, 4.69) is 22.2 Å². The number of nitrogens with two attached hydrogens (primary N) is 1. The first-order chi connectivity index (χ1) is 18.4. The van der Waals surface area contributed by atoms with Crippen LogP contribution in [0, 0.1) is 5.82 Å². The third-order valence-corrected chi connectivity index (χ3v) is 7.38. The number of ether oxygens (including phenoxy) is 1. The number of halogens is 1. The van der Waals surface area contributed by atoms with Crippen LogP contribution in [-0.2, 0) is 17.6 Å². The Balaban J connectivity index is 1.37. The molecule has 6 rings (SSSR count). The Morgan fingerprint density at radius 1 is 1.21 bits per heavy atom. The summed E-state index contributed by atoms with van der Waals surface area (Å²) in [4.78, 5) is 31.6. The maximum Gasteiger partial charge on any atom is 0.274 e. The summed E-state index contributed by atoms with van der Waals surface area (Å²) in [6.07, 6.45) is 4.57. The normalized spacial score (nSPS) is 16.4. The molecule has 192 valence electrons. The van der Waals surface area contributed by atoms with Crippen LogP contribution in [0.4, 0.5) is 4.39 Å². The van der Waals surface area contributed by atoms with Gasteiger partial charge in [-0.15, -0.1) is 0 Å². The van der Waals surface area contributed by atoms with Gasteiger partial charge >= 0.3 is 0 Å². The number of benzene rings is 2. The van der Waals surface area contributed by atoms with E-state index in [1.54, 1.807) is 28.9 Å². The van der Waals surface area contributed by atoms with Gasteiger partial charge in [0.25, 0.3) is 5.91 Å². The van der Waals surface area contributed by atoms with Crippen molar-refractivity contribution < 1.29 is 18.7 Å². The molecule has 2 aliphatic heterocycles. The molecule has 2 aromatic heterocycles. The summed E-state index contributed by atoms with van der Waals surface area (Å²) < 4.78 is 22.6. The molecule has 0 saturated heterocycles. The molecule has 0 spiro atoms. The molecule has 0 saturated carbocycles. The average molecular weight is 512 g/mol. The van der Waals surface area contributed by atoms with Gasteiger partial charge in [-0.25, -0.2) is 13.9 Å². The summed E-state index contributed by atoms with van der Waals surface area (Å²) in [5.41, 5.74) is 10.8. The fraction of sp³-hybridized carbons (Fsp3) is 0.241. The predicted molar refractivity (Wildman–Crippen MR) is 140 cm³/mol. The number of amides is 2. The number of hydrogen-bond acceptors (Lipinski definition) is 5. The van der Waals surface area contributed by atoms with Gasteiger partial charge in [0.2, 0.25) is 5.91 Å². The minimum Gasteiger partial charge on any atom is -0.485 e. The number of fused-ring (bicyclic) bond motifs is 3. The van der Waals surface area contributed by atoms with Crippen molar-refractivity contribution in [2.45, 2.75) is 32.7 Å². The summed E-state index contributed by atoms with van der Waals surface area (Å²) in [7, 11) is 0. The number of primary amides is 1. The number of aryl methyl sites for hydroxylation is 1. The summed E-state index contributed by atoms with van der Waals surface area (Å²) in [6.45, 7) is 4.53. The average Bonchev–Trinajstić information content (AvgIpc) is 3.36. The lowest BCUT2D eigenvalue weighted by Crippen LogP contribution is -2.39. The fourth-order valence-corrected chi connectivity index (χ4v) is 5.28. The first-order valence-corrected chi connectivity index (χ1v) is 12.6. The first kappa shape index (κ1) is 23.8. The number of rotatable bonds is 4. The molecule has 8 nitrogen and oxygen atoms in total. The maximum absolute atomic E-state index is 15.5. The van der Waals surface area contributed by atoms with Gasteiger partial charge in [0.15, 0.2) is 17.2 Å². The molecular weight excluding hydrogens is 485 g/mol. The number of carbonyl (C=O) groups is 2. The van der Waals surface area contributed by atoms with Gasteiger partial charge in [0.05, 0.1) is 23.5 Å². The Morgan fingerprint density at radius 2 is 2.03 bits per heavy atom. The number of carbonyl (C=O) groups excluding carboxylic acids is 2. The molecular formula is C29H26FN5O3. The van der Waals surface area contributed by atoms with E-state index in [0.29, 0.717) is 35.6 Å². The molecule has 9 heteroatoms. The van der Waals surface area contributed by atoms with Crippen molar-refractivity contribution in [3.05, 3.63) is 88.0 Å². The first-order valence-electron chi connectivity index (χ1n) is 12.6. The SMILES string of the molecule is CCc1cc(C(=O)N2CCc3ccccc3[C@H]2C)nn2cc(-c3ccc4c(c3F)OCC(C(N)=O)=C4)nc12. The Morgan fingerprint density at radius 3 is 2.82 bits per heavy atom. The molecule has 4 aromatic rings. The van der Waals surface area contributed by atoms with Gasteiger partial charge in [-0.2, -0.15) is 5.10 Å². The molecule has 2 amide bonds. The van der Waals surface area contributed by atoms with Crippen LogP contribution in [0.1, 0.15) is 52.6 Å². The van der Waals surface area contributed by atoms with E-state index in [4.69, 9.17) is 10.5 Å². The second-order valence-corrected chi connectivity index (χ2v) is 9.59. The molecule has 38 heavy (non-hydrogen) atoms. The molecule has 0 aliphatic carbocycles. The topological polar surface area (TPSA) is 103 Å². The van der Waals surface area contributed by atoms with Crippen molar-refractivity contribution in [3.63, 3.8) is 0 Å². The lowest BCUT2D eigenvalue weighted by atomic mass is 9.93. The largest absolute Gasteiger partial charge is 0.485 e. The minimum atomic E-state index is -0.604. The molecule has 0 bridgehead atoms. The molecule has 0 unspecified atom stereocenters. The van der Waals surface area contributed by atoms with Crippen LogP contribution in [0.25, 0.3) is 23.0 Å². The lowest BCUT2D eigenvalue weighted by molar-refractivity contribution is -0.114. The van der Waals surface area contributed by atoms with Gasteiger partial charge in [-0.1, -0.05) is 37.3 Å². The lowest BCUT2D eigenvalue weighted by Gasteiger charge is -2.35. The van der Waals surface area contributed by atoms with Crippen LogP contribution in [0.5, 0.6) is 5.75 Å². The standard InChI is InChI=1S/C29H26FN5O3/c1-3-17-13-23(29(37)34-11-10-18-6-4-5-7-21(18)16(34)2)33-35-14-24(32-28(17)35)22-9-8-19-12-20(27(31)36)15-38-26(19)25(22)30/h4-9,12-14,16H,3,10-11,15H2,1-2H3,(H2,31,36)/t16-/m1/s1. The van der Waals surface area contributed by atoms with Crippen molar-refractivity contribution in [2.75, 3.05) is 13.2 Å². The molecule has 4 heterocycles. The smallest absolute Gasteiger partial charge is 0.274 e. The van der Waals surface area contributed by atoms with E-state index in [1.807, 2.05) is 30.9 Å². The van der Waals surface area contributed by atoms with E-state index in [-0.39, 0.29) is 35.4 Å². The van der Waals surface area contributed by atoms with Crippen molar-refractivity contribution in [1.82, 2.24) is 19.5 Å². The molecule has 0 fully saturated rings. The number of nitrogens with zero attached hydrogens (tertiary/aromatic N) is 4. The molecule has 2 N–H and O–H groups in total. The fourth-order valence-electron chi connectivity index (χ4n) is 5.28. The molecule has 2 aliphatic rings. The Bertz CT molecular complexity index is 1660. The van der Waals surface area contributed by atoms with E-state index < -0.39 is 11.7 Å². The third kappa shape index (κ3) is 3.82. The molecule has 1 atom stereocenters. The van der Waals surface area contributed by atoms with Crippen LogP contribution < -0.4 is 10.5 Å². The van der Waals surface area contributed by atoms with Crippen molar-refractivity contribution in [2.24, 2.45) is 5.73 Å². The zero-order valence-electron chi connectivity index (χ0n) is 21.1. The zero-order valence-corrected chi connectivity index (χ0v) is 21.1. The Hall–Kier alpha value is -4.53. The van der Waals surface area contributed by atoms with Crippen LogP contribution in [-0.4, -0.2) is 44.5 Å². The quantitative estimate of drug-likeness (QED) is 0.444. The minimum absolute atomic E-state index is 0.0449. The Labute approximate surface area is 218 Å². The summed E-state index contributed by atoms with van der Waals surface area (Å²) in [6, 6.07) is 13.2. The van der Waals surface area contributed by atoms with Gasteiger partial charge < -0.3 is 15.4 Å². The molecule has 2 aromatic carbocycles. The highest BCUT2D eigenvalue weighted by Gasteiger charge is 2.30. The number of imidazole rings is 1. The highest BCUT2D eigenvalue weighted by Crippen LogP contribution is 2.36. The summed E-state index contributed by atoms with van der Waals surface area (Å²) >= 11 is 0. The maximum atomic E-state index is 15.5. The highest BCUT2D eigenvalue weighted by molar-refractivity contribution is 5.98. The third-order valence-electron chi connectivity index (χ3n) is 7.38. The van der Waals surface area contributed by atoms with E-state index in [9.17, 15) is 9.59 Å². The predicted octanol–water partition coefficient (Wildman–Crippen LogP) is 4.12. The monoisotopic (exact) mass is 511 g/mol. The van der Waals surface area contributed by atoms with E-state index in [0.717, 1.165) is 17.5 Å². The van der Waals surface area contributed by atoms with Gasteiger partial charge in [-0.3, -0.25) is 9.59 Å². The molecule has 0 radical (unpaired) electrons. The van der Waals surface area contributed by atoms with Crippen LogP contribution in [0.2, 0.25) is 0 Å².